The van der Waals surface area contributed by atoms with Gasteiger partial charge in [0.15, 0.2) is 5.79 Å². The molecule has 0 bridgehead atoms. The largest absolute Gasteiger partial charge is 0.371 e. The second-order valence-electron chi connectivity index (χ2n) is 6.73. The molecule has 25 heavy (non-hydrogen) atoms. The van der Waals surface area contributed by atoms with Crippen LogP contribution in [0.1, 0.15) is 46.6 Å². The average Bonchev–Trinajstić information content (AvgIpc) is 2.59. The van der Waals surface area contributed by atoms with Crippen LogP contribution in [0.25, 0.3) is 0 Å². The molecule has 1 aliphatic rings. The molecule has 142 valence electrons. The van der Waals surface area contributed by atoms with Crippen molar-refractivity contribution in [1.82, 2.24) is 0 Å². The van der Waals surface area contributed by atoms with E-state index >= 15 is 0 Å². The fourth-order valence-electron chi connectivity index (χ4n) is 3.04. The molecule has 0 amide bonds. The molecule has 1 saturated heterocycles. The van der Waals surface area contributed by atoms with Gasteiger partial charge in [-0.2, -0.15) is 0 Å². The Morgan fingerprint density at radius 3 is 2.28 bits per heavy atom. The number of ether oxygens (including phenoxy) is 3. The third-order valence-corrected chi connectivity index (χ3v) is 6.93. The topological polar surface area (TPSA) is 27.7 Å². The predicted octanol–water partition coefficient (Wildman–Crippen LogP) is 5.33. The lowest BCUT2D eigenvalue weighted by Gasteiger charge is -2.44. The molecular formula is C20H32O3S2. The molecule has 1 heterocycles. The van der Waals surface area contributed by atoms with Gasteiger partial charge in [-0.3, -0.25) is 0 Å². The van der Waals surface area contributed by atoms with Crippen molar-refractivity contribution in [3.8, 4) is 0 Å². The highest BCUT2D eigenvalue weighted by molar-refractivity contribution is 8.17. The second kappa shape index (κ2) is 10.2. The van der Waals surface area contributed by atoms with Gasteiger partial charge in [0, 0.05) is 6.42 Å². The van der Waals surface area contributed by atoms with E-state index in [1.165, 1.54) is 5.56 Å². The standard InChI is InChI=1S/C20H32O3S2/c1-6-24-19(25-7-2)18-13-17(22-20(4,5)23-18)15(3)21-14-16-11-9-8-10-12-16/h8-12,15,17-19H,6-7,13-14H2,1-5H3/t15-,17+,18-/m1/s1. The van der Waals surface area contributed by atoms with Crippen molar-refractivity contribution in [3.05, 3.63) is 35.9 Å². The molecule has 3 nitrogen and oxygen atoms in total. The van der Waals surface area contributed by atoms with Gasteiger partial charge in [-0.15, -0.1) is 23.5 Å². The quantitative estimate of drug-likeness (QED) is 0.536. The lowest BCUT2D eigenvalue weighted by Crippen LogP contribution is -2.51. The highest BCUT2D eigenvalue weighted by atomic mass is 32.2. The van der Waals surface area contributed by atoms with Crippen LogP contribution in [0.3, 0.4) is 0 Å². The summed E-state index contributed by atoms with van der Waals surface area (Å²) in [5.41, 5.74) is 1.19. The third kappa shape index (κ3) is 6.79. The fourth-order valence-corrected chi connectivity index (χ4v) is 5.66. The van der Waals surface area contributed by atoms with Gasteiger partial charge in [0.2, 0.25) is 0 Å². The summed E-state index contributed by atoms with van der Waals surface area (Å²) in [7, 11) is 0. The van der Waals surface area contributed by atoms with Crippen LogP contribution in [0.5, 0.6) is 0 Å². The first-order valence-corrected chi connectivity index (χ1v) is 11.3. The Balaban J connectivity index is 1.98. The summed E-state index contributed by atoms with van der Waals surface area (Å²) >= 11 is 3.95. The van der Waals surface area contributed by atoms with E-state index in [-0.39, 0.29) is 18.3 Å². The molecule has 1 aromatic rings. The molecule has 1 aromatic carbocycles. The summed E-state index contributed by atoms with van der Waals surface area (Å²) in [4.78, 5) is 0. The number of thioether (sulfide) groups is 2. The Bertz CT molecular complexity index is 489. The van der Waals surface area contributed by atoms with E-state index in [9.17, 15) is 0 Å². The van der Waals surface area contributed by atoms with Crippen molar-refractivity contribution in [2.75, 3.05) is 11.5 Å². The Morgan fingerprint density at radius 2 is 1.68 bits per heavy atom. The van der Waals surface area contributed by atoms with E-state index in [0.29, 0.717) is 11.2 Å². The van der Waals surface area contributed by atoms with E-state index in [4.69, 9.17) is 14.2 Å². The monoisotopic (exact) mass is 384 g/mol. The molecule has 0 aliphatic carbocycles. The number of hydrogen-bond acceptors (Lipinski definition) is 5. The minimum absolute atomic E-state index is 0.0322. The van der Waals surface area contributed by atoms with Crippen LogP contribution in [-0.2, 0) is 20.8 Å². The maximum Gasteiger partial charge on any atom is 0.163 e. The van der Waals surface area contributed by atoms with Crippen LogP contribution in [0.4, 0.5) is 0 Å². The molecule has 0 saturated carbocycles. The first kappa shape index (κ1) is 21.1. The molecule has 0 radical (unpaired) electrons. The number of rotatable bonds is 9. The zero-order valence-corrected chi connectivity index (χ0v) is 17.7. The molecule has 0 aromatic heterocycles. The maximum atomic E-state index is 6.26. The number of hydrogen-bond donors (Lipinski definition) is 0. The predicted molar refractivity (Wildman–Crippen MR) is 109 cm³/mol. The van der Waals surface area contributed by atoms with Gasteiger partial charge in [0.05, 0.1) is 29.5 Å². The summed E-state index contributed by atoms with van der Waals surface area (Å²) < 4.78 is 19.0. The first-order chi connectivity index (χ1) is 11.9. The van der Waals surface area contributed by atoms with Gasteiger partial charge in [-0.25, -0.2) is 0 Å². The Labute approximate surface area is 161 Å². The highest BCUT2D eigenvalue weighted by Gasteiger charge is 2.41. The van der Waals surface area contributed by atoms with Crippen molar-refractivity contribution < 1.29 is 14.2 Å². The van der Waals surface area contributed by atoms with E-state index < -0.39 is 5.79 Å². The van der Waals surface area contributed by atoms with Crippen molar-refractivity contribution in [3.63, 3.8) is 0 Å². The molecule has 0 unspecified atom stereocenters. The van der Waals surface area contributed by atoms with Gasteiger partial charge in [0.1, 0.15) is 0 Å². The Morgan fingerprint density at radius 1 is 1.08 bits per heavy atom. The SMILES string of the molecule is CCSC(SCC)[C@H]1C[C@@H]([C@@H](C)OCc2ccccc2)OC(C)(C)O1. The zero-order chi connectivity index (χ0) is 18.3. The zero-order valence-electron chi connectivity index (χ0n) is 16.1. The molecule has 5 heteroatoms. The molecular weight excluding hydrogens is 352 g/mol. The average molecular weight is 385 g/mol. The Hall–Kier alpha value is -0.200. The molecule has 3 atom stereocenters. The third-order valence-electron chi connectivity index (χ3n) is 4.18. The lowest BCUT2D eigenvalue weighted by atomic mass is 10.0. The van der Waals surface area contributed by atoms with E-state index in [2.05, 4.69) is 32.9 Å². The summed E-state index contributed by atoms with van der Waals surface area (Å²) in [5.74, 6) is 1.63. The smallest absolute Gasteiger partial charge is 0.163 e. The van der Waals surface area contributed by atoms with E-state index in [0.717, 1.165) is 17.9 Å². The van der Waals surface area contributed by atoms with Crippen LogP contribution in [0.2, 0.25) is 0 Å². The van der Waals surface area contributed by atoms with Crippen molar-refractivity contribution >= 4 is 23.5 Å². The normalized spacial score (nSPS) is 24.4. The maximum absolute atomic E-state index is 6.26. The van der Waals surface area contributed by atoms with Gasteiger partial charge in [-0.05, 0) is 37.8 Å². The Kier molecular flexibility index (Phi) is 8.62. The fraction of sp³-hybridized carbons (Fsp3) is 0.700. The molecule has 0 N–H and O–H groups in total. The summed E-state index contributed by atoms with van der Waals surface area (Å²) in [6.07, 6.45) is 1.15. The summed E-state index contributed by atoms with van der Waals surface area (Å²) in [5, 5.41) is 0. The van der Waals surface area contributed by atoms with Crippen molar-refractivity contribution in [1.29, 1.82) is 0 Å². The first-order valence-electron chi connectivity index (χ1n) is 9.19. The van der Waals surface area contributed by atoms with Gasteiger partial charge < -0.3 is 14.2 Å². The molecule has 1 fully saturated rings. The molecule has 2 rings (SSSR count). The van der Waals surface area contributed by atoms with Crippen LogP contribution in [-0.4, -0.2) is 40.2 Å². The minimum Gasteiger partial charge on any atom is -0.371 e. The number of benzene rings is 1. The van der Waals surface area contributed by atoms with Crippen LogP contribution >= 0.6 is 23.5 Å². The van der Waals surface area contributed by atoms with Crippen molar-refractivity contribution in [2.45, 2.75) is 76.3 Å². The van der Waals surface area contributed by atoms with Crippen LogP contribution in [0, 0.1) is 0 Å². The molecule has 1 aliphatic heterocycles. The summed E-state index contributed by atoms with van der Waals surface area (Å²) in [6, 6.07) is 10.3. The van der Waals surface area contributed by atoms with Gasteiger partial charge >= 0.3 is 0 Å². The van der Waals surface area contributed by atoms with Gasteiger partial charge in [0.25, 0.3) is 0 Å². The van der Waals surface area contributed by atoms with Crippen LogP contribution in [0.15, 0.2) is 30.3 Å². The van der Waals surface area contributed by atoms with Crippen LogP contribution < -0.4 is 0 Å². The van der Waals surface area contributed by atoms with Crippen molar-refractivity contribution in [2.24, 2.45) is 0 Å². The summed E-state index contributed by atoms with van der Waals surface area (Å²) in [6.45, 7) is 11.2. The molecule has 0 spiro atoms. The second-order valence-corrected chi connectivity index (χ2v) is 9.86. The van der Waals surface area contributed by atoms with E-state index in [1.807, 2.05) is 55.6 Å². The minimum atomic E-state index is -0.571. The highest BCUT2D eigenvalue weighted by Crippen LogP contribution is 2.38. The van der Waals surface area contributed by atoms with Gasteiger partial charge in [-0.1, -0.05) is 44.2 Å². The lowest BCUT2D eigenvalue weighted by molar-refractivity contribution is -0.311. The van der Waals surface area contributed by atoms with E-state index in [1.54, 1.807) is 0 Å².